The number of nitrogen functional groups attached to an aromatic ring is 1. The highest BCUT2D eigenvalue weighted by atomic mass is 35.5. The number of ether oxygens (including phenoxy) is 1. The van der Waals surface area contributed by atoms with Gasteiger partial charge in [-0.25, -0.2) is 27.8 Å². The lowest BCUT2D eigenvalue weighted by molar-refractivity contribution is 0.466. The molecule has 3 N–H and O–H groups in total. The minimum Gasteiger partial charge on any atom is -0.437 e. The molecule has 2 heterocycles. The second kappa shape index (κ2) is 10.2. The third kappa shape index (κ3) is 5.22. The molecule has 192 valence electrons. The third-order valence-electron chi connectivity index (χ3n) is 5.78. The van der Waals surface area contributed by atoms with Gasteiger partial charge < -0.3 is 10.5 Å². The van der Waals surface area contributed by atoms with E-state index in [-0.39, 0.29) is 17.5 Å². The fourth-order valence-electron chi connectivity index (χ4n) is 4.00. The van der Waals surface area contributed by atoms with Crippen molar-refractivity contribution in [1.29, 1.82) is 0 Å². The summed E-state index contributed by atoms with van der Waals surface area (Å²) in [7, 11) is -4.01. The van der Waals surface area contributed by atoms with Crippen molar-refractivity contribution in [3.05, 3.63) is 101 Å². The number of hydrogen-bond donors (Lipinski definition) is 2. The van der Waals surface area contributed by atoms with E-state index in [0.717, 1.165) is 5.56 Å². The molecule has 5 rings (SSSR count). The van der Waals surface area contributed by atoms with E-state index in [1.165, 1.54) is 18.3 Å². The lowest BCUT2D eigenvalue weighted by Gasteiger charge is -2.17. The number of aromatic nitrogens is 3. The zero-order valence-corrected chi connectivity index (χ0v) is 21.6. The molecule has 8 nitrogen and oxygen atoms in total. The van der Waals surface area contributed by atoms with Gasteiger partial charge in [-0.15, -0.1) is 0 Å². The number of aryl methyl sites for hydroxylation is 1. The summed E-state index contributed by atoms with van der Waals surface area (Å²) in [5.74, 6) is -0.424. The number of anilines is 2. The Morgan fingerprint density at radius 1 is 0.974 bits per heavy atom. The van der Waals surface area contributed by atoms with Crippen LogP contribution in [0.15, 0.2) is 79.1 Å². The van der Waals surface area contributed by atoms with Gasteiger partial charge >= 0.3 is 0 Å². The minimum atomic E-state index is -4.01. The largest absolute Gasteiger partial charge is 0.437 e. The first-order chi connectivity index (χ1) is 18.2. The van der Waals surface area contributed by atoms with E-state index in [1.54, 1.807) is 60.8 Å². The topological polar surface area (TPSA) is 120 Å². The Morgan fingerprint density at radius 3 is 2.55 bits per heavy atom. The van der Waals surface area contributed by atoms with Gasteiger partial charge in [-0.3, -0.25) is 4.72 Å². The smallest absolute Gasteiger partial charge is 0.237 e. The fraction of sp³-hybridized carbons (Fsp3) is 0.0741. The molecule has 0 aliphatic rings. The van der Waals surface area contributed by atoms with E-state index >= 15 is 4.39 Å². The van der Waals surface area contributed by atoms with Crippen molar-refractivity contribution in [3.63, 3.8) is 0 Å². The molecule has 5 aromatic rings. The Balaban J connectivity index is 1.56. The van der Waals surface area contributed by atoms with Crippen molar-refractivity contribution in [2.45, 2.75) is 12.7 Å². The first kappa shape index (κ1) is 25.4. The number of hydrogen-bond acceptors (Lipinski definition) is 7. The summed E-state index contributed by atoms with van der Waals surface area (Å²) in [4.78, 5) is 12.5. The maximum atomic E-state index is 15.0. The Labute approximate surface area is 223 Å². The average Bonchev–Trinajstić information content (AvgIpc) is 2.89. The van der Waals surface area contributed by atoms with Gasteiger partial charge in [-0.2, -0.15) is 0 Å². The lowest BCUT2D eigenvalue weighted by atomic mass is 10.0. The molecule has 11 heteroatoms. The van der Waals surface area contributed by atoms with Crippen molar-refractivity contribution in [3.8, 4) is 22.9 Å². The predicted molar refractivity (Wildman–Crippen MR) is 146 cm³/mol. The molecule has 0 radical (unpaired) electrons. The van der Waals surface area contributed by atoms with Crippen molar-refractivity contribution in [2.24, 2.45) is 0 Å². The van der Waals surface area contributed by atoms with Crippen LogP contribution in [0.1, 0.15) is 11.1 Å². The number of rotatable bonds is 7. The Kier molecular flexibility index (Phi) is 6.83. The third-order valence-corrected chi connectivity index (χ3v) is 7.35. The second-order valence-electron chi connectivity index (χ2n) is 8.44. The van der Waals surface area contributed by atoms with Gasteiger partial charge in [-0.05, 0) is 54.4 Å². The number of nitrogens with two attached hydrogens (primary N) is 1. The Bertz CT molecular complexity index is 1780. The highest BCUT2D eigenvalue weighted by Crippen LogP contribution is 2.39. The summed E-state index contributed by atoms with van der Waals surface area (Å²) in [5.41, 5.74) is 7.77. The molecular weight excluding hydrogens is 529 g/mol. The molecule has 0 spiro atoms. The molecule has 0 saturated heterocycles. The maximum absolute atomic E-state index is 15.0. The van der Waals surface area contributed by atoms with E-state index in [2.05, 4.69) is 19.7 Å². The van der Waals surface area contributed by atoms with E-state index in [1.807, 2.05) is 6.92 Å². The van der Waals surface area contributed by atoms with Gasteiger partial charge in [0.25, 0.3) is 0 Å². The number of pyridine rings is 1. The number of benzene rings is 3. The molecule has 0 fully saturated rings. The van der Waals surface area contributed by atoms with E-state index in [9.17, 15) is 8.42 Å². The van der Waals surface area contributed by atoms with Gasteiger partial charge in [0.15, 0.2) is 0 Å². The van der Waals surface area contributed by atoms with Crippen LogP contribution in [0.2, 0.25) is 5.02 Å². The van der Waals surface area contributed by atoms with Gasteiger partial charge in [0.1, 0.15) is 11.6 Å². The van der Waals surface area contributed by atoms with Crippen LogP contribution in [0.3, 0.4) is 0 Å². The Hall–Kier alpha value is -4.28. The summed E-state index contributed by atoms with van der Waals surface area (Å²) in [6.07, 6.45) is 3.10. The monoisotopic (exact) mass is 549 g/mol. The van der Waals surface area contributed by atoms with E-state index < -0.39 is 21.6 Å². The van der Waals surface area contributed by atoms with Gasteiger partial charge in [0.2, 0.25) is 21.9 Å². The maximum Gasteiger partial charge on any atom is 0.237 e. The number of nitrogens with zero attached hydrogens (tertiary/aromatic N) is 3. The minimum absolute atomic E-state index is 0.0998. The molecule has 3 aromatic carbocycles. The van der Waals surface area contributed by atoms with Crippen molar-refractivity contribution in [2.75, 3.05) is 10.5 Å². The standard InChI is InChI=1S/C27H21ClFN5O3S/c1-16-8-9-18-19(25(16)37-26-20(6-4-13-31-26)23-12-14-32-27(30)33-23)10-11-22(29)24(18)34-38(35,36)15-17-5-2-3-7-21(17)28/h2-14,34H,15H2,1H3,(H2,30,32,33). The SMILES string of the molecule is Cc1ccc2c(NS(=O)(=O)Cc3ccccc3Cl)c(F)ccc2c1Oc1ncccc1-c1ccnc(N)n1. The van der Waals surface area contributed by atoms with Crippen molar-refractivity contribution >= 4 is 44.0 Å². The first-order valence-electron chi connectivity index (χ1n) is 11.4. The van der Waals surface area contributed by atoms with Crippen LogP contribution >= 0.6 is 11.6 Å². The van der Waals surface area contributed by atoms with Crippen LogP contribution in [0, 0.1) is 12.7 Å². The summed E-state index contributed by atoms with van der Waals surface area (Å²) in [5, 5.41) is 1.11. The summed E-state index contributed by atoms with van der Waals surface area (Å²) >= 11 is 6.14. The predicted octanol–water partition coefficient (Wildman–Crippen LogP) is 6.11. The number of halogens is 2. The molecule has 0 aliphatic carbocycles. The lowest BCUT2D eigenvalue weighted by Crippen LogP contribution is -2.16. The van der Waals surface area contributed by atoms with Crippen molar-refractivity contribution < 1.29 is 17.5 Å². The van der Waals surface area contributed by atoms with Crippen LogP contribution in [-0.4, -0.2) is 23.4 Å². The fourth-order valence-corrected chi connectivity index (χ4v) is 5.53. The molecule has 38 heavy (non-hydrogen) atoms. The molecule has 0 bridgehead atoms. The van der Waals surface area contributed by atoms with Gasteiger partial charge in [0.05, 0.1) is 22.7 Å². The Morgan fingerprint density at radius 2 is 1.76 bits per heavy atom. The molecule has 0 aliphatic heterocycles. The van der Waals surface area contributed by atoms with Crippen LogP contribution in [-0.2, 0) is 15.8 Å². The summed E-state index contributed by atoms with van der Waals surface area (Å²) in [6.45, 7) is 1.82. The number of nitrogens with one attached hydrogen (secondary N) is 1. The molecule has 0 unspecified atom stereocenters. The molecule has 2 aromatic heterocycles. The van der Waals surface area contributed by atoms with Crippen LogP contribution in [0.5, 0.6) is 11.6 Å². The summed E-state index contributed by atoms with van der Waals surface area (Å²) in [6, 6.07) is 17.8. The summed E-state index contributed by atoms with van der Waals surface area (Å²) < 4.78 is 49.6. The second-order valence-corrected chi connectivity index (χ2v) is 10.6. The quantitative estimate of drug-likeness (QED) is 0.251. The van der Waals surface area contributed by atoms with Gasteiger partial charge in [-0.1, -0.05) is 41.9 Å². The molecule has 0 amide bonds. The highest BCUT2D eigenvalue weighted by molar-refractivity contribution is 7.92. The highest BCUT2D eigenvalue weighted by Gasteiger charge is 2.21. The van der Waals surface area contributed by atoms with Crippen LogP contribution in [0.25, 0.3) is 22.0 Å². The number of sulfonamides is 1. The van der Waals surface area contributed by atoms with Crippen molar-refractivity contribution in [1.82, 2.24) is 15.0 Å². The van der Waals surface area contributed by atoms with E-state index in [4.69, 9.17) is 22.1 Å². The molecule has 0 saturated carbocycles. The molecule has 0 atom stereocenters. The normalized spacial score (nSPS) is 11.4. The van der Waals surface area contributed by atoms with E-state index in [0.29, 0.717) is 38.4 Å². The molecular formula is C27H21ClFN5O3S. The van der Waals surface area contributed by atoms with Crippen LogP contribution in [0.4, 0.5) is 16.0 Å². The van der Waals surface area contributed by atoms with Crippen LogP contribution < -0.4 is 15.2 Å². The average molecular weight is 550 g/mol. The number of fused-ring (bicyclic) bond motifs is 1. The first-order valence-corrected chi connectivity index (χ1v) is 13.4. The zero-order valence-electron chi connectivity index (χ0n) is 20.0. The van der Waals surface area contributed by atoms with Gasteiger partial charge in [0, 0.05) is 28.2 Å². The zero-order chi connectivity index (χ0) is 26.9.